The van der Waals surface area contributed by atoms with Crippen molar-refractivity contribution in [1.82, 2.24) is 9.97 Å². The van der Waals surface area contributed by atoms with Gasteiger partial charge < -0.3 is 16.4 Å². The summed E-state index contributed by atoms with van der Waals surface area (Å²) in [4.78, 5) is 20.7. The van der Waals surface area contributed by atoms with Gasteiger partial charge in [-0.05, 0) is 43.5 Å². The Kier molecular flexibility index (Phi) is 7.06. The smallest absolute Gasteiger partial charge is 0.234 e. The Morgan fingerprint density at radius 1 is 1.31 bits per heavy atom. The van der Waals surface area contributed by atoms with Crippen LogP contribution in [-0.4, -0.2) is 35.0 Å². The number of primary amides is 1. The fourth-order valence-corrected chi connectivity index (χ4v) is 2.65. The van der Waals surface area contributed by atoms with E-state index >= 15 is 0 Å². The Morgan fingerprint density at radius 3 is 2.46 bits per heavy atom. The molecule has 0 aliphatic carbocycles. The second-order valence-electron chi connectivity index (χ2n) is 6.03. The Balaban J connectivity index is 0.000000298. The van der Waals surface area contributed by atoms with E-state index in [1.54, 1.807) is 18.5 Å². The molecule has 1 saturated heterocycles. The summed E-state index contributed by atoms with van der Waals surface area (Å²) in [6, 6.07) is 9.49. The van der Waals surface area contributed by atoms with E-state index in [4.69, 9.17) is 11.5 Å². The van der Waals surface area contributed by atoms with E-state index in [2.05, 4.69) is 20.9 Å². The van der Waals surface area contributed by atoms with Crippen molar-refractivity contribution in [2.24, 2.45) is 11.5 Å². The molecule has 136 valence electrons. The van der Waals surface area contributed by atoms with E-state index in [1.165, 1.54) is 12.8 Å². The molecule has 7 nitrogen and oxygen atoms in total. The Bertz CT molecular complexity index is 765. The lowest BCUT2D eigenvalue weighted by Crippen LogP contribution is -2.35. The van der Waals surface area contributed by atoms with Gasteiger partial charge in [0.05, 0.1) is 17.3 Å². The molecule has 1 aliphatic heterocycles. The number of nitrogens with zero attached hydrogens (tertiary/aromatic N) is 4. The first-order chi connectivity index (χ1) is 12.6. The van der Waals surface area contributed by atoms with Crippen LogP contribution < -0.4 is 16.4 Å². The maximum absolute atomic E-state index is 10.0. The van der Waals surface area contributed by atoms with Gasteiger partial charge in [-0.3, -0.25) is 4.79 Å². The molecule has 0 unspecified atom stereocenters. The number of amides is 1. The summed E-state index contributed by atoms with van der Waals surface area (Å²) in [7, 11) is 0. The molecular weight excluding hydrogens is 328 g/mol. The Hall–Kier alpha value is -2.98. The van der Waals surface area contributed by atoms with Crippen LogP contribution >= 0.6 is 0 Å². The molecular formula is C19H24N6O. The highest BCUT2D eigenvalue weighted by Gasteiger charge is 2.16. The van der Waals surface area contributed by atoms with E-state index < -0.39 is 11.9 Å². The molecule has 1 aliphatic rings. The highest BCUT2D eigenvalue weighted by Crippen LogP contribution is 2.27. The van der Waals surface area contributed by atoms with Gasteiger partial charge in [-0.15, -0.1) is 0 Å². The van der Waals surface area contributed by atoms with Crippen molar-refractivity contribution in [2.45, 2.75) is 32.2 Å². The van der Waals surface area contributed by atoms with Gasteiger partial charge >= 0.3 is 0 Å². The molecule has 2 heterocycles. The zero-order valence-electron chi connectivity index (χ0n) is 14.9. The lowest BCUT2D eigenvalue weighted by molar-refractivity contribution is -0.119. The van der Waals surface area contributed by atoms with E-state index in [0.29, 0.717) is 17.8 Å². The lowest BCUT2D eigenvalue weighted by atomic mass is 10.1. The first-order valence-electron chi connectivity index (χ1n) is 8.68. The maximum Gasteiger partial charge on any atom is 0.234 e. The van der Waals surface area contributed by atoms with Gasteiger partial charge in [0.1, 0.15) is 6.07 Å². The lowest BCUT2D eigenvalue weighted by Gasteiger charge is -2.19. The first kappa shape index (κ1) is 19.3. The molecule has 1 aromatic carbocycles. The Morgan fingerprint density at radius 2 is 1.96 bits per heavy atom. The molecule has 1 fully saturated rings. The van der Waals surface area contributed by atoms with Crippen molar-refractivity contribution < 1.29 is 4.79 Å². The van der Waals surface area contributed by atoms with Crippen LogP contribution in [0.3, 0.4) is 0 Å². The number of carbonyl (C=O) groups excluding carboxylic acids is 1. The monoisotopic (exact) mass is 352 g/mol. The number of nitriles is 1. The first-order valence-corrected chi connectivity index (χ1v) is 8.68. The van der Waals surface area contributed by atoms with Crippen LogP contribution in [0.4, 0.5) is 5.69 Å². The predicted octanol–water partition coefficient (Wildman–Crippen LogP) is 1.82. The van der Waals surface area contributed by atoms with Gasteiger partial charge in [-0.25, -0.2) is 9.97 Å². The van der Waals surface area contributed by atoms with Crippen molar-refractivity contribution >= 4 is 11.6 Å². The average molecular weight is 352 g/mol. The van der Waals surface area contributed by atoms with Gasteiger partial charge in [0.2, 0.25) is 5.91 Å². The third-order valence-electron chi connectivity index (χ3n) is 4.19. The van der Waals surface area contributed by atoms with Crippen LogP contribution in [0.5, 0.6) is 0 Å². The second-order valence-corrected chi connectivity index (χ2v) is 6.03. The van der Waals surface area contributed by atoms with Gasteiger partial charge in [-0.2, -0.15) is 5.26 Å². The third-order valence-corrected chi connectivity index (χ3v) is 4.19. The summed E-state index contributed by atoms with van der Waals surface area (Å²) in [6.45, 7) is 3.89. The van der Waals surface area contributed by atoms with E-state index in [0.717, 1.165) is 24.3 Å². The standard InChI is InChI=1S/C15H14N4.C4H10N2O/c16-11-13-10-12(15-17-6-3-7-18-15)4-5-14(13)19-8-1-2-9-19;1-2-3(5)4(6)7/h3-7,10H,1-2,8-9H2;3H,2,5H2,1H3,(H2,6,7)/t;3-/m.0/s1. The molecule has 26 heavy (non-hydrogen) atoms. The SMILES string of the molecule is CC[C@H](N)C(N)=O.N#Cc1cc(-c2ncccn2)ccc1N1CCCC1. The number of nitrogens with two attached hydrogens (primary N) is 2. The number of anilines is 1. The van der Waals surface area contributed by atoms with Crippen LogP contribution in [0.2, 0.25) is 0 Å². The molecule has 0 spiro atoms. The Labute approximate surface area is 153 Å². The van der Waals surface area contributed by atoms with E-state index in [1.807, 2.05) is 25.1 Å². The fraction of sp³-hybridized carbons (Fsp3) is 0.368. The minimum Gasteiger partial charge on any atom is -0.370 e. The summed E-state index contributed by atoms with van der Waals surface area (Å²) < 4.78 is 0. The summed E-state index contributed by atoms with van der Waals surface area (Å²) in [5.41, 5.74) is 12.5. The minimum absolute atomic E-state index is 0.428. The zero-order valence-corrected chi connectivity index (χ0v) is 14.9. The highest BCUT2D eigenvalue weighted by molar-refractivity contribution is 5.79. The number of benzene rings is 1. The number of carbonyl (C=O) groups is 1. The van der Waals surface area contributed by atoms with Crippen LogP contribution in [0, 0.1) is 11.3 Å². The minimum atomic E-state index is -0.458. The fourth-order valence-electron chi connectivity index (χ4n) is 2.65. The van der Waals surface area contributed by atoms with E-state index in [-0.39, 0.29) is 0 Å². The van der Waals surface area contributed by atoms with Gasteiger partial charge in [0, 0.05) is 31.0 Å². The number of aromatic nitrogens is 2. The summed E-state index contributed by atoms with van der Waals surface area (Å²) in [5, 5.41) is 9.33. The van der Waals surface area contributed by atoms with Crippen molar-refractivity contribution in [1.29, 1.82) is 5.26 Å². The molecule has 0 saturated carbocycles. The summed E-state index contributed by atoms with van der Waals surface area (Å²) >= 11 is 0. The molecule has 0 bridgehead atoms. The maximum atomic E-state index is 10.0. The second kappa shape index (κ2) is 9.49. The van der Waals surface area contributed by atoms with Crippen LogP contribution in [0.25, 0.3) is 11.4 Å². The van der Waals surface area contributed by atoms with Crippen molar-refractivity contribution in [3.05, 3.63) is 42.2 Å². The normalized spacial score (nSPS) is 14.1. The van der Waals surface area contributed by atoms with Crippen LogP contribution in [0.1, 0.15) is 31.7 Å². The van der Waals surface area contributed by atoms with Gasteiger partial charge in [0.25, 0.3) is 0 Å². The molecule has 1 atom stereocenters. The molecule has 1 aromatic heterocycles. The molecule has 4 N–H and O–H groups in total. The van der Waals surface area contributed by atoms with Crippen molar-refractivity contribution in [2.75, 3.05) is 18.0 Å². The molecule has 2 aromatic rings. The van der Waals surface area contributed by atoms with Gasteiger partial charge in [0.15, 0.2) is 5.82 Å². The topological polar surface area (TPSA) is 122 Å². The van der Waals surface area contributed by atoms with Crippen molar-refractivity contribution in [3.63, 3.8) is 0 Å². The van der Waals surface area contributed by atoms with Crippen LogP contribution in [0.15, 0.2) is 36.7 Å². The molecule has 3 rings (SSSR count). The van der Waals surface area contributed by atoms with Crippen LogP contribution in [-0.2, 0) is 4.79 Å². The molecule has 1 amide bonds. The number of hydrogen-bond acceptors (Lipinski definition) is 6. The van der Waals surface area contributed by atoms with E-state index in [9.17, 15) is 10.1 Å². The van der Waals surface area contributed by atoms with Crippen molar-refractivity contribution in [3.8, 4) is 17.5 Å². The third kappa shape index (κ3) is 5.01. The molecule has 0 radical (unpaired) electrons. The molecule has 7 heteroatoms. The number of rotatable bonds is 4. The highest BCUT2D eigenvalue weighted by atomic mass is 16.1. The van der Waals surface area contributed by atoms with Gasteiger partial charge in [-0.1, -0.05) is 6.92 Å². The summed E-state index contributed by atoms with van der Waals surface area (Å²) in [5.74, 6) is 0.231. The number of hydrogen-bond donors (Lipinski definition) is 2. The summed E-state index contributed by atoms with van der Waals surface area (Å²) in [6.07, 6.45) is 6.45. The zero-order chi connectivity index (χ0) is 18.9. The quantitative estimate of drug-likeness (QED) is 0.865. The average Bonchev–Trinajstić information content (AvgIpc) is 3.22. The predicted molar refractivity (Wildman–Crippen MR) is 101 cm³/mol. The largest absolute Gasteiger partial charge is 0.370 e.